The van der Waals surface area contributed by atoms with E-state index in [-0.39, 0.29) is 18.0 Å². The third-order valence-corrected chi connectivity index (χ3v) is 3.31. The molecule has 8 nitrogen and oxygen atoms in total. The minimum atomic E-state index is 0.232. The van der Waals surface area contributed by atoms with Gasteiger partial charge in [0.1, 0.15) is 0 Å². The summed E-state index contributed by atoms with van der Waals surface area (Å²) in [5.41, 5.74) is 2.40. The first-order chi connectivity index (χ1) is 10.1. The van der Waals surface area contributed by atoms with E-state index in [1.165, 1.54) is 7.11 Å². The molecule has 0 radical (unpaired) electrons. The molecule has 1 rings (SSSR count). The Morgan fingerprint density at radius 2 is 1.86 bits per heavy atom. The van der Waals surface area contributed by atoms with Gasteiger partial charge in [-0.1, -0.05) is 13.8 Å². The van der Waals surface area contributed by atoms with Crippen molar-refractivity contribution in [1.29, 1.82) is 0 Å². The predicted molar refractivity (Wildman–Crippen MR) is 84.3 cm³/mol. The smallest absolute Gasteiger partial charge is 0.322 e. The SMILES string of the molecule is CCN(CC)CCCC(C)Nc1nc(NN)nc(OC)n1. The van der Waals surface area contributed by atoms with Crippen LogP contribution in [0.2, 0.25) is 0 Å². The second kappa shape index (κ2) is 9.30. The van der Waals surface area contributed by atoms with E-state index < -0.39 is 0 Å². The van der Waals surface area contributed by atoms with E-state index in [2.05, 4.69) is 51.4 Å². The van der Waals surface area contributed by atoms with Gasteiger partial charge in [-0.25, -0.2) is 5.84 Å². The van der Waals surface area contributed by atoms with Crippen molar-refractivity contribution in [3.63, 3.8) is 0 Å². The third-order valence-electron chi connectivity index (χ3n) is 3.31. The molecule has 0 spiro atoms. The van der Waals surface area contributed by atoms with Crippen LogP contribution in [-0.4, -0.2) is 52.6 Å². The molecule has 0 aliphatic rings. The summed E-state index contributed by atoms with van der Waals surface area (Å²) < 4.78 is 5.02. The normalized spacial score (nSPS) is 12.3. The highest BCUT2D eigenvalue weighted by atomic mass is 16.5. The summed E-state index contributed by atoms with van der Waals surface area (Å²) in [6, 6.07) is 0.495. The van der Waals surface area contributed by atoms with Crippen molar-refractivity contribution in [2.24, 2.45) is 5.84 Å². The van der Waals surface area contributed by atoms with Crippen molar-refractivity contribution in [3.05, 3.63) is 0 Å². The number of nitrogens with two attached hydrogens (primary N) is 1. The van der Waals surface area contributed by atoms with E-state index in [9.17, 15) is 0 Å². The van der Waals surface area contributed by atoms with Crippen molar-refractivity contribution < 1.29 is 4.74 Å². The number of aromatic nitrogens is 3. The fourth-order valence-corrected chi connectivity index (χ4v) is 2.03. The lowest BCUT2D eigenvalue weighted by Crippen LogP contribution is -2.26. The maximum Gasteiger partial charge on any atom is 0.322 e. The fourth-order valence-electron chi connectivity index (χ4n) is 2.03. The topological polar surface area (TPSA) is 101 Å². The molecule has 0 aliphatic carbocycles. The molecular formula is C13H27N7O. The Bertz CT molecular complexity index is 389. The highest BCUT2D eigenvalue weighted by Crippen LogP contribution is 2.12. The number of nitrogens with zero attached hydrogens (tertiary/aromatic N) is 4. The van der Waals surface area contributed by atoms with Crippen LogP contribution in [-0.2, 0) is 0 Å². The lowest BCUT2D eigenvalue weighted by atomic mass is 10.2. The standard InChI is InChI=1S/C13H27N7O/c1-5-20(6-2)9-7-8-10(3)15-11-16-12(19-14)18-13(17-11)21-4/h10H,5-9,14H2,1-4H3,(H2,15,16,17,18,19). The summed E-state index contributed by atoms with van der Waals surface area (Å²) in [6.45, 7) is 9.76. The number of nitrogen functional groups attached to an aromatic ring is 1. The molecular weight excluding hydrogens is 270 g/mol. The molecule has 0 bridgehead atoms. The molecule has 1 aromatic rings. The first kappa shape index (κ1) is 17.4. The Morgan fingerprint density at radius 1 is 1.19 bits per heavy atom. The Kier molecular flexibility index (Phi) is 7.70. The molecule has 0 fully saturated rings. The quantitative estimate of drug-likeness (QED) is 0.436. The minimum Gasteiger partial charge on any atom is -0.467 e. The van der Waals surface area contributed by atoms with Crippen LogP contribution in [0.5, 0.6) is 6.01 Å². The summed E-state index contributed by atoms with van der Waals surface area (Å²) in [5, 5.41) is 3.24. The van der Waals surface area contributed by atoms with E-state index in [1.807, 2.05) is 0 Å². The largest absolute Gasteiger partial charge is 0.467 e. The zero-order chi connectivity index (χ0) is 15.7. The average molecular weight is 297 g/mol. The highest BCUT2D eigenvalue weighted by Gasteiger charge is 2.09. The number of ether oxygens (including phenoxy) is 1. The van der Waals surface area contributed by atoms with E-state index in [4.69, 9.17) is 10.6 Å². The van der Waals surface area contributed by atoms with E-state index in [1.54, 1.807) is 0 Å². The summed E-state index contributed by atoms with van der Waals surface area (Å²) in [5.74, 6) is 6.07. The number of rotatable bonds is 10. The monoisotopic (exact) mass is 297 g/mol. The van der Waals surface area contributed by atoms with Crippen LogP contribution in [0.3, 0.4) is 0 Å². The summed E-state index contributed by atoms with van der Waals surface area (Å²) in [6.07, 6.45) is 2.16. The summed E-state index contributed by atoms with van der Waals surface area (Å²) in [7, 11) is 1.51. The lowest BCUT2D eigenvalue weighted by Gasteiger charge is -2.19. The zero-order valence-electron chi connectivity index (χ0n) is 13.4. The maximum absolute atomic E-state index is 5.33. The van der Waals surface area contributed by atoms with Gasteiger partial charge in [-0.2, -0.15) is 15.0 Å². The van der Waals surface area contributed by atoms with Gasteiger partial charge in [-0.3, -0.25) is 5.43 Å². The van der Waals surface area contributed by atoms with Gasteiger partial charge >= 0.3 is 6.01 Å². The Hall–Kier alpha value is -1.67. The van der Waals surface area contributed by atoms with Crippen LogP contribution >= 0.6 is 0 Å². The van der Waals surface area contributed by atoms with E-state index >= 15 is 0 Å². The van der Waals surface area contributed by atoms with Crippen LogP contribution in [0, 0.1) is 0 Å². The van der Waals surface area contributed by atoms with Gasteiger partial charge in [-0.05, 0) is 39.4 Å². The van der Waals surface area contributed by atoms with Gasteiger partial charge in [0.25, 0.3) is 0 Å². The first-order valence-corrected chi connectivity index (χ1v) is 7.38. The van der Waals surface area contributed by atoms with E-state index in [0.29, 0.717) is 5.95 Å². The molecule has 4 N–H and O–H groups in total. The van der Waals surface area contributed by atoms with Gasteiger partial charge in [0.15, 0.2) is 0 Å². The molecule has 0 saturated carbocycles. The van der Waals surface area contributed by atoms with Gasteiger partial charge in [0.2, 0.25) is 11.9 Å². The van der Waals surface area contributed by atoms with Gasteiger partial charge in [0, 0.05) is 6.04 Å². The van der Waals surface area contributed by atoms with Crippen LogP contribution in [0.25, 0.3) is 0 Å². The highest BCUT2D eigenvalue weighted by molar-refractivity contribution is 5.35. The molecule has 0 aliphatic heterocycles. The molecule has 21 heavy (non-hydrogen) atoms. The van der Waals surface area contributed by atoms with Crippen molar-refractivity contribution in [2.45, 2.75) is 39.7 Å². The average Bonchev–Trinajstić information content (AvgIpc) is 2.51. The van der Waals surface area contributed by atoms with E-state index in [0.717, 1.165) is 32.5 Å². The van der Waals surface area contributed by atoms with Crippen molar-refractivity contribution in [1.82, 2.24) is 19.9 Å². The number of hydrazine groups is 1. The summed E-state index contributed by atoms with van der Waals surface area (Å²) in [4.78, 5) is 14.7. The van der Waals surface area contributed by atoms with Gasteiger partial charge < -0.3 is 15.0 Å². The van der Waals surface area contributed by atoms with Crippen LogP contribution in [0.4, 0.5) is 11.9 Å². The number of nitrogens with one attached hydrogen (secondary N) is 2. The zero-order valence-corrected chi connectivity index (χ0v) is 13.4. The molecule has 120 valence electrons. The molecule has 1 aromatic heterocycles. The second-order valence-electron chi connectivity index (χ2n) is 4.83. The maximum atomic E-state index is 5.33. The van der Waals surface area contributed by atoms with Crippen LogP contribution in [0.1, 0.15) is 33.6 Å². The molecule has 0 saturated heterocycles. The lowest BCUT2D eigenvalue weighted by molar-refractivity contribution is 0.295. The van der Waals surface area contributed by atoms with Crippen molar-refractivity contribution in [3.8, 4) is 6.01 Å². The number of hydrogen-bond donors (Lipinski definition) is 3. The fraction of sp³-hybridized carbons (Fsp3) is 0.769. The number of anilines is 2. The number of hydrogen-bond acceptors (Lipinski definition) is 8. The molecule has 0 amide bonds. The molecule has 1 heterocycles. The Morgan fingerprint density at radius 3 is 2.43 bits per heavy atom. The summed E-state index contributed by atoms with van der Waals surface area (Å²) >= 11 is 0. The minimum absolute atomic E-state index is 0.232. The van der Waals surface area contributed by atoms with Crippen molar-refractivity contribution in [2.75, 3.05) is 37.5 Å². The molecule has 8 heteroatoms. The van der Waals surface area contributed by atoms with Crippen LogP contribution < -0.4 is 21.3 Å². The molecule has 1 atom stereocenters. The van der Waals surface area contributed by atoms with Gasteiger partial charge in [0.05, 0.1) is 7.11 Å². The third kappa shape index (κ3) is 6.09. The Balaban J connectivity index is 2.48. The van der Waals surface area contributed by atoms with Crippen LogP contribution in [0.15, 0.2) is 0 Å². The predicted octanol–water partition coefficient (Wildman–Crippen LogP) is 1.09. The van der Waals surface area contributed by atoms with Gasteiger partial charge in [-0.15, -0.1) is 0 Å². The first-order valence-electron chi connectivity index (χ1n) is 7.38. The van der Waals surface area contributed by atoms with Crippen molar-refractivity contribution >= 4 is 11.9 Å². The molecule has 1 unspecified atom stereocenters. The Labute approximate surface area is 126 Å². The second-order valence-corrected chi connectivity index (χ2v) is 4.83. The number of methoxy groups -OCH3 is 1. The molecule has 0 aromatic carbocycles.